The van der Waals surface area contributed by atoms with Crippen molar-refractivity contribution in [1.82, 2.24) is 10.3 Å². The summed E-state index contributed by atoms with van der Waals surface area (Å²) in [6.45, 7) is 2.75. The molecule has 0 atom stereocenters. The molecule has 1 aliphatic rings. The van der Waals surface area contributed by atoms with Crippen LogP contribution in [0.5, 0.6) is 0 Å². The number of hydrogen-bond acceptors (Lipinski definition) is 3. The Morgan fingerprint density at radius 1 is 1.13 bits per heavy atom. The van der Waals surface area contributed by atoms with Gasteiger partial charge in [-0.1, -0.05) is 72.3 Å². The van der Waals surface area contributed by atoms with E-state index in [4.69, 9.17) is 16.3 Å². The zero-order valence-corrected chi connectivity index (χ0v) is 17.5. The molecular weight excluding hydrogens is 396 g/mol. The highest BCUT2D eigenvalue weighted by molar-refractivity contribution is 6.30. The Labute approximate surface area is 181 Å². The minimum absolute atomic E-state index is 0.0729. The monoisotopic (exact) mass is 418 g/mol. The Bertz CT molecular complexity index is 1050. The molecule has 0 aliphatic heterocycles. The van der Waals surface area contributed by atoms with E-state index in [1.165, 1.54) is 22.3 Å². The summed E-state index contributed by atoms with van der Waals surface area (Å²) in [6, 6.07) is 18.6. The van der Waals surface area contributed by atoms with Crippen LogP contribution in [0.4, 0.5) is 4.79 Å². The maximum atomic E-state index is 12.2. The van der Waals surface area contributed by atoms with Gasteiger partial charge in [0.25, 0.3) is 0 Å². The number of fused-ring (bicyclic) bond motifs is 3. The van der Waals surface area contributed by atoms with Crippen LogP contribution >= 0.6 is 11.6 Å². The smallest absolute Gasteiger partial charge is 0.407 e. The molecule has 2 aromatic carbocycles. The average Bonchev–Trinajstić information content (AvgIpc) is 3.08. The van der Waals surface area contributed by atoms with Gasteiger partial charge in [-0.05, 0) is 52.8 Å². The Kier molecular flexibility index (Phi) is 6.15. The number of hydrogen-bond donors (Lipinski definition) is 1. The summed E-state index contributed by atoms with van der Waals surface area (Å²) < 4.78 is 5.53. The number of amides is 1. The lowest BCUT2D eigenvalue weighted by atomic mass is 9.98. The maximum Gasteiger partial charge on any atom is 0.407 e. The SMILES string of the molecule is Cc1cc(C=CCCNC(=O)OCC2c3ccccc3-c3ccccc32)cnc1Cl. The highest BCUT2D eigenvalue weighted by atomic mass is 35.5. The van der Waals surface area contributed by atoms with Crippen molar-refractivity contribution in [1.29, 1.82) is 0 Å². The maximum absolute atomic E-state index is 12.2. The molecule has 1 aliphatic carbocycles. The number of carbonyl (C=O) groups excluding carboxylic acids is 1. The van der Waals surface area contributed by atoms with Crippen LogP contribution in [-0.4, -0.2) is 24.2 Å². The molecule has 152 valence electrons. The largest absolute Gasteiger partial charge is 0.449 e. The van der Waals surface area contributed by atoms with Crippen LogP contribution in [0.1, 0.15) is 34.6 Å². The van der Waals surface area contributed by atoms with E-state index in [-0.39, 0.29) is 5.92 Å². The van der Waals surface area contributed by atoms with E-state index >= 15 is 0 Å². The van der Waals surface area contributed by atoms with E-state index in [0.29, 0.717) is 24.7 Å². The van der Waals surface area contributed by atoms with Crippen molar-refractivity contribution in [2.45, 2.75) is 19.3 Å². The average molecular weight is 419 g/mol. The van der Waals surface area contributed by atoms with Crippen LogP contribution in [0.25, 0.3) is 17.2 Å². The van der Waals surface area contributed by atoms with E-state index in [9.17, 15) is 4.79 Å². The lowest BCUT2D eigenvalue weighted by molar-refractivity contribution is 0.143. The van der Waals surface area contributed by atoms with Gasteiger partial charge in [0.2, 0.25) is 0 Å². The molecule has 3 aromatic rings. The van der Waals surface area contributed by atoms with Gasteiger partial charge in [-0.15, -0.1) is 0 Å². The Morgan fingerprint density at radius 2 is 1.80 bits per heavy atom. The van der Waals surface area contributed by atoms with Crippen LogP contribution in [0.3, 0.4) is 0 Å². The molecule has 0 saturated carbocycles. The third-order valence-corrected chi connectivity index (χ3v) is 5.67. The van der Waals surface area contributed by atoms with Crippen molar-refractivity contribution in [3.8, 4) is 11.1 Å². The first-order valence-electron chi connectivity index (χ1n) is 10.0. The van der Waals surface area contributed by atoms with E-state index in [0.717, 1.165) is 11.1 Å². The Hall–Kier alpha value is -3.11. The quantitative estimate of drug-likeness (QED) is 0.395. The second-order valence-corrected chi connectivity index (χ2v) is 7.68. The van der Waals surface area contributed by atoms with Gasteiger partial charge in [-0.3, -0.25) is 0 Å². The fourth-order valence-electron chi connectivity index (χ4n) is 3.80. The first-order chi connectivity index (χ1) is 14.6. The van der Waals surface area contributed by atoms with E-state index in [1.54, 1.807) is 6.20 Å². The first kappa shape index (κ1) is 20.2. The number of pyridine rings is 1. The van der Waals surface area contributed by atoms with Gasteiger partial charge in [0, 0.05) is 18.7 Å². The van der Waals surface area contributed by atoms with E-state index < -0.39 is 6.09 Å². The van der Waals surface area contributed by atoms with Gasteiger partial charge in [0.15, 0.2) is 0 Å². The van der Waals surface area contributed by atoms with Crippen molar-refractivity contribution in [2.75, 3.05) is 13.2 Å². The van der Waals surface area contributed by atoms with Gasteiger partial charge in [-0.2, -0.15) is 0 Å². The van der Waals surface area contributed by atoms with Gasteiger partial charge in [-0.25, -0.2) is 9.78 Å². The number of nitrogens with zero attached hydrogens (tertiary/aromatic N) is 1. The topological polar surface area (TPSA) is 51.2 Å². The predicted molar refractivity (Wildman–Crippen MR) is 121 cm³/mol. The van der Waals surface area contributed by atoms with Gasteiger partial charge in [0.05, 0.1) is 0 Å². The zero-order chi connectivity index (χ0) is 20.9. The summed E-state index contributed by atoms with van der Waals surface area (Å²) in [5.74, 6) is 0.0729. The second kappa shape index (κ2) is 9.14. The number of ether oxygens (including phenoxy) is 1. The zero-order valence-electron chi connectivity index (χ0n) is 16.8. The van der Waals surface area contributed by atoms with Crippen molar-refractivity contribution < 1.29 is 9.53 Å². The fourth-order valence-corrected chi connectivity index (χ4v) is 3.90. The van der Waals surface area contributed by atoms with Crippen LogP contribution in [0, 0.1) is 6.92 Å². The molecule has 5 heteroatoms. The molecule has 0 fully saturated rings. The van der Waals surface area contributed by atoms with Gasteiger partial charge >= 0.3 is 6.09 Å². The lowest BCUT2D eigenvalue weighted by Crippen LogP contribution is -2.26. The Balaban J connectivity index is 1.27. The van der Waals surface area contributed by atoms with Crippen molar-refractivity contribution in [3.05, 3.63) is 94.3 Å². The molecule has 1 heterocycles. The number of carbonyl (C=O) groups is 1. The number of halogens is 1. The summed E-state index contributed by atoms with van der Waals surface area (Å²) in [7, 11) is 0. The van der Waals surface area contributed by atoms with E-state index in [1.807, 2.05) is 49.4 Å². The molecule has 0 radical (unpaired) electrons. The second-order valence-electron chi connectivity index (χ2n) is 7.32. The number of aromatic nitrogens is 1. The van der Waals surface area contributed by atoms with Crippen LogP contribution < -0.4 is 5.32 Å². The van der Waals surface area contributed by atoms with Gasteiger partial charge < -0.3 is 10.1 Å². The molecule has 0 unspecified atom stereocenters. The lowest BCUT2D eigenvalue weighted by Gasteiger charge is -2.14. The number of aryl methyl sites for hydroxylation is 1. The third-order valence-electron chi connectivity index (χ3n) is 5.27. The number of rotatable bonds is 6. The van der Waals surface area contributed by atoms with Gasteiger partial charge in [0.1, 0.15) is 11.8 Å². The molecule has 0 spiro atoms. The number of alkyl carbamates (subject to hydrolysis) is 1. The molecule has 4 rings (SSSR count). The summed E-state index contributed by atoms with van der Waals surface area (Å²) in [5.41, 5.74) is 6.79. The normalized spacial score (nSPS) is 12.6. The van der Waals surface area contributed by atoms with Crippen molar-refractivity contribution >= 4 is 23.8 Å². The fraction of sp³-hybridized carbons (Fsp3) is 0.200. The summed E-state index contributed by atoms with van der Waals surface area (Å²) >= 11 is 5.94. The summed E-state index contributed by atoms with van der Waals surface area (Å²) in [6.07, 6.45) is 6.00. The molecule has 0 bridgehead atoms. The summed E-state index contributed by atoms with van der Waals surface area (Å²) in [4.78, 5) is 16.3. The third kappa shape index (κ3) is 4.39. The molecule has 1 N–H and O–H groups in total. The molecule has 1 amide bonds. The standard InChI is InChI=1S/C25H23ClN2O2/c1-17-14-18(15-28-24(17)26)8-6-7-13-27-25(29)30-16-23-21-11-4-2-9-19(21)20-10-3-5-12-22(20)23/h2-6,8-12,14-15,23H,7,13,16H2,1H3,(H,27,29). The van der Waals surface area contributed by atoms with E-state index in [2.05, 4.69) is 34.6 Å². The number of nitrogens with one attached hydrogen (secondary N) is 1. The molecule has 30 heavy (non-hydrogen) atoms. The first-order valence-corrected chi connectivity index (χ1v) is 10.4. The van der Waals surface area contributed by atoms with Crippen LogP contribution in [0.2, 0.25) is 5.15 Å². The molecule has 0 saturated heterocycles. The minimum atomic E-state index is -0.394. The van der Waals surface area contributed by atoms with Crippen LogP contribution in [-0.2, 0) is 4.74 Å². The minimum Gasteiger partial charge on any atom is -0.449 e. The highest BCUT2D eigenvalue weighted by Gasteiger charge is 2.28. The van der Waals surface area contributed by atoms with Crippen molar-refractivity contribution in [2.24, 2.45) is 0 Å². The van der Waals surface area contributed by atoms with Crippen molar-refractivity contribution in [3.63, 3.8) is 0 Å². The molecular formula is C25H23ClN2O2. The highest BCUT2D eigenvalue weighted by Crippen LogP contribution is 2.44. The molecule has 4 nitrogen and oxygen atoms in total. The number of benzene rings is 2. The summed E-state index contributed by atoms with van der Waals surface area (Å²) in [5, 5.41) is 3.33. The predicted octanol–water partition coefficient (Wildman–Crippen LogP) is 5.99. The molecule has 1 aromatic heterocycles. The Morgan fingerprint density at radius 3 is 2.47 bits per heavy atom. The van der Waals surface area contributed by atoms with Crippen LogP contribution in [0.15, 0.2) is 66.9 Å².